The van der Waals surface area contributed by atoms with Crippen LogP contribution in [0.2, 0.25) is 0 Å². The Hall–Kier alpha value is -2.87. The Labute approximate surface area is 154 Å². The van der Waals surface area contributed by atoms with Crippen molar-refractivity contribution in [2.75, 3.05) is 6.54 Å². The summed E-state index contributed by atoms with van der Waals surface area (Å²) in [6, 6.07) is 13.0. The summed E-state index contributed by atoms with van der Waals surface area (Å²) in [6.45, 7) is 2.53. The predicted octanol–water partition coefficient (Wildman–Crippen LogP) is 3.86. The van der Waals surface area contributed by atoms with E-state index in [1.54, 1.807) is 43.6 Å². The summed E-state index contributed by atoms with van der Waals surface area (Å²) in [4.78, 5) is 19.1. The van der Waals surface area contributed by atoms with Crippen LogP contribution in [0, 0.1) is 11.3 Å². The van der Waals surface area contributed by atoms with Crippen molar-refractivity contribution < 1.29 is 9.53 Å². The second kappa shape index (κ2) is 8.48. The molecule has 0 radical (unpaired) electrons. The molecule has 1 aromatic carbocycles. The number of amides is 1. The number of aromatic nitrogens is 1. The lowest BCUT2D eigenvalue weighted by Crippen LogP contribution is -2.42. The fourth-order valence-corrected chi connectivity index (χ4v) is 3.40. The highest BCUT2D eigenvalue weighted by Gasteiger charge is 2.30. The standard InChI is InChI=1S/C21H23N3O2/c1-16(26-19-8-6-17(15-22)7-9-19)21(25)24-14-4-2-3-5-20(24)18-10-12-23-13-11-18/h6-13,16,20H,2-5,14H2,1H3/t16-,20+/m0/s1. The molecule has 1 saturated heterocycles. The lowest BCUT2D eigenvalue weighted by Gasteiger charge is -2.32. The van der Waals surface area contributed by atoms with Gasteiger partial charge < -0.3 is 9.64 Å². The molecule has 1 amide bonds. The van der Waals surface area contributed by atoms with E-state index in [0.717, 1.165) is 37.8 Å². The number of nitrogens with zero attached hydrogens (tertiary/aromatic N) is 3. The van der Waals surface area contributed by atoms with E-state index in [1.165, 1.54) is 0 Å². The van der Waals surface area contributed by atoms with Crippen molar-refractivity contribution in [2.45, 2.75) is 44.8 Å². The van der Waals surface area contributed by atoms with Gasteiger partial charge in [0, 0.05) is 18.9 Å². The molecule has 5 heteroatoms. The van der Waals surface area contributed by atoms with Crippen LogP contribution in [0.25, 0.3) is 0 Å². The van der Waals surface area contributed by atoms with Gasteiger partial charge in [0.2, 0.25) is 0 Å². The Morgan fingerprint density at radius 1 is 1.19 bits per heavy atom. The van der Waals surface area contributed by atoms with Crippen LogP contribution < -0.4 is 4.74 Å². The fraction of sp³-hybridized carbons (Fsp3) is 0.381. The molecule has 2 atom stereocenters. The molecule has 1 aliphatic rings. The Morgan fingerprint density at radius 2 is 1.92 bits per heavy atom. The van der Waals surface area contributed by atoms with E-state index in [0.29, 0.717) is 11.3 Å². The summed E-state index contributed by atoms with van der Waals surface area (Å²) in [5.74, 6) is 0.596. The summed E-state index contributed by atoms with van der Waals surface area (Å²) in [5.41, 5.74) is 1.70. The molecule has 0 N–H and O–H groups in total. The van der Waals surface area contributed by atoms with Crippen molar-refractivity contribution in [1.82, 2.24) is 9.88 Å². The highest BCUT2D eigenvalue weighted by molar-refractivity contribution is 5.81. The number of carbonyl (C=O) groups is 1. The normalized spacial score (nSPS) is 18.5. The first kappa shape index (κ1) is 17.9. The number of ether oxygens (including phenoxy) is 1. The van der Waals surface area contributed by atoms with Crippen molar-refractivity contribution >= 4 is 5.91 Å². The largest absolute Gasteiger partial charge is 0.481 e. The molecule has 3 rings (SSSR count). The maximum atomic E-state index is 13.1. The Bertz CT molecular complexity index is 768. The van der Waals surface area contributed by atoms with Crippen LogP contribution in [-0.4, -0.2) is 28.4 Å². The van der Waals surface area contributed by atoms with Crippen LogP contribution >= 0.6 is 0 Å². The number of pyridine rings is 1. The molecule has 0 aliphatic carbocycles. The van der Waals surface area contributed by atoms with Gasteiger partial charge in [0.15, 0.2) is 6.10 Å². The van der Waals surface area contributed by atoms with Gasteiger partial charge in [-0.25, -0.2) is 0 Å². The van der Waals surface area contributed by atoms with E-state index in [-0.39, 0.29) is 11.9 Å². The van der Waals surface area contributed by atoms with Gasteiger partial charge in [-0.1, -0.05) is 12.8 Å². The lowest BCUT2D eigenvalue weighted by atomic mass is 10.0. The van der Waals surface area contributed by atoms with E-state index < -0.39 is 6.10 Å². The molecule has 1 aromatic heterocycles. The Balaban J connectivity index is 1.75. The first-order valence-corrected chi connectivity index (χ1v) is 9.06. The molecule has 0 bridgehead atoms. The SMILES string of the molecule is C[C@H](Oc1ccc(C#N)cc1)C(=O)N1CCCCC[C@@H]1c1ccncc1. The van der Waals surface area contributed by atoms with E-state index in [4.69, 9.17) is 10.00 Å². The average molecular weight is 349 g/mol. The van der Waals surface area contributed by atoms with Crippen LogP contribution in [0.3, 0.4) is 0 Å². The van der Waals surface area contributed by atoms with Gasteiger partial charge in [-0.15, -0.1) is 0 Å². The molecule has 2 aromatic rings. The van der Waals surface area contributed by atoms with Gasteiger partial charge in [-0.3, -0.25) is 9.78 Å². The van der Waals surface area contributed by atoms with Crippen molar-refractivity contribution in [3.63, 3.8) is 0 Å². The van der Waals surface area contributed by atoms with Gasteiger partial charge in [0.1, 0.15) is 5.75 Å². The number of likely N-dealkylation sites (tertiary alicyclic amines) is 1. The maximum absolute atomic E-state index is 13.1. The Kier molecular flexibility index (Phi) is 5.85. The van der Waals surface area contributed by atoms with Crippen LogP contribution in [0.15, 0.2) is 48.8 Å². The second-order valence-electron chi connectivity index (χ2n) is 6.57. The van der Waals surface area contributed by atoms with Crippen molar-refractivity contribution in [3.05, 3.63) is 59.9 Å². The summed E-state index contributed by atoms with van der Waals surface area (Å²) < 4.78 is 5.84. The van der Waals surface area contributed by atoms with E-state index in [1.807, 2.05) is 17.0 Å². The number of nitriles is 1. The average Bonchev–Trinajstić information content (AvgIpc) is 2.94. The predicted molar refractivity (Wildman–Crippen MR) is 98.4 cm³/mol. The molecule has 2 heterocycles. The second-order valence-corrected chi connectivity index (χ2v) is 6.57. The third kappa shape index (κ3) is 4.20. The quantitative estimate of drug-likeness (QED) is 0.840. The van der Waals surface area contributed by atoms with E-state index in [2.05, 4.69) is 11.1 Å². The zero-order valence-electron chi connectivity index (χ0n) is 15.0. The van der Waals surface area contributed by atoms with Crippen LogP contribution in [0.4, 0.5) is 0 Å². The van der Waals surface area contributed by atoms with Gasteiger partial charge >= 0.3 is 0 Å². The zero-order valence-corrected chi connectivity index (χ0v) is 15.0. The molecule has 0 unspecified atom stereocenters. The maximum Gasteiger partial charge on any atom is 0.263 e. The number of benzene rings is 1. The Morgan fingerprint density at radius 3 is 2.62 bits per heavy atom. The minimum atomic E-state index is -0.578. The smallest absolute Gasteiger partial charge is 0.263 e. The van der Waals surface area contributed by atoms with E-state index >= 15 is 0 Å². The molecule has 0 spiro atoms. The molecular weight excluding hydrogens is 326 g/mol. The number of hydrogen-bond donors (Lipinski definition) is 0. The topological polar surface area (TPSA) is 66.2 Å². The minimum absolute atomic E-state index is 0.00179. The van der Waals surface area contributed by atoms with Crippen LogP contribution in [0.5, 0.6) is 5.75 Å². The molecule has 134 valence electrons. The zero-order chi connectivity index (χ0) is 18.4. The molecule has 0 saturated carbocycles. The van der Waals surface area contributed by atoms with Crippen LogP contribution in [-0.2, 0) is 4.79 Å². The van der Waals surface area contributed by atoms with Gasteiger partial charge in [0.25, 0.3) is 5.91 Å². The first-order chi connectivity index (χ1) is 12.7. The van der Waals surface area contributed by atoms with Crippen molar-refractivity contribution in [1.29, 1.82) is 5.26 Å². The third-order valence-electron chi connectivity index (χ3n) is 4.77. The highest BCUT2D eigenvalue weighted by atomic mass is 16.5. The number of rotatable bonds is 4. The summed E-state index contributed by atoms with van der Waals surface area (Å²) in [5, 5.41) is 8.88. The molecule has 1 fully saturated rings. The first-order valence-electron chi connectivity index (χ1n) is 9.06. The monoisotopic (exact) mass is 349 g/mol. The van der Waals surface area contributed by atoms with Gasteiger partial charge in [-0.05, 0) is 61.7 Å². The van der Waals surface area contributed by atoms with E-state index in [9.17, 15) is 4.79 Å². The summed E-state index contributed by atoms with van der Waals surface area (Å²) in [6.07, 6.45) is 7.19. The van der Waals surface area contributed by atoms with Gasteiger partial charge in [-0.2, -0.15) is 5.26 Å². The summed E-state index contributed by atoms with van der Waals surface area (Å²) >= 11 is 0. The summed E-state index contributed by atoms with van der Waals surface area (Å²) in [7, 11) is 0. The molecule has 26 heavy (non-hydrogen) atoms. The lowest BCUT2D eigenvalue weighted by molar-refractivity contribution is -0.140. The van der Waals surface area contributed by atoms with Crippen molar-refractivity contribution in [2.24, 2.45) is 0 Å². The molecular formula is C21H23N3O2. The van der Waals surface area contributed by atoms with Crippen LogP contribution in [0.1, 0.15) is 49.8 Å². The third-order valence-corrected chi connectivity index (χ3v) is 4.77. The van der Waals surface area contributed by atoms with Crippen molar-refractivity contribution in [3.8, 4) is 11.8 Å². The molecule has 1 aliphatic heterocycles. The minimum Gasteiger partial charge on any atom is -0.481 e. The number of hydrogen-bond acceptors (Lipinski definition) is 4. The fourth-order valence-electron chi connectivity index (χ4n) is 3.40. The highest BCUT2D eigenvalue weighted by Crippen LogP contribution is 2.30. The van der Waals surface area contributed by atoms with Gasteiger partial charge in [0.05, 0.1) is 17.7 Å². The molecule has 5 nitrogen and oxygen atoms in total. The number of carbonyl (C=O) groups excluding carboxylic acids is 1.